The molecule has 2 rings (SSSR count). The summed E-state index contributed by atoms with van der Waals surface area (Å²) in [6, 6.07) is 3.19. The number of carbonyl (C=O) groups is 1. The van der Waals surface area contributed by atoms with Gasteiger partial charge in [-0.1, -0.05) is 0 Å². The molecule has 0 radical (unpaired) electrons. The molecule has 0 aliphatic heterocycles. The first kappa shape index (κ1) is 11.5. The summed E-state index contributed by atoms with van der Waals surface area (Å²) in [5.41, 5.74) is 0.189. The molecule has 0 saturated heterocycles. The first-order valence-corrected chi connectivity index (χ1v) is 5.51. The molecule has 1 fully saturated rings. The molecule has 1 amide bonds. The number of halogens is 1. The lowest BCUT2D eigenvalue weighted by atomic mass is 10.1. The third-order valence-electron chi connectivity index (χ3n) is 2.97. The van der Waals surface area contributed by atoms with Crippen LogP contribution >= 0.6 is 0 Å². The van der Waals surface area contributed by atoms with E-state index in [1.54, 1.807) is 0 Å². The number of hydrogen-bond acceptors (Lipinski definition) is 3. The molecule has 0 spiro atoms. The van der Waals surface area contributed by atoms with Crippen LogP contribution in [0, 0.1) is 23.1 Å². The van der Waals surface area contributed by atoms with Gasteiger partial charge in [-0.3, -0.25) is 9.78 Å². The SMILES string of the molecule is N#CC1CCCC1NC(=O)c1cncc(F)c1. The smallest absolute Gasteiger partial charge is 0.253 e. The van der Waals surface area contributed by atoms with E-state index >= 15 is 0 Å². The largest absolute Gasteiger partial charge is 0.348 e. The third kappa shape index (κ3) is 2.59. The van der Waals surface area contributed by atoms with Crippen molar-refractivity contribution in [3.63, 3.8) is 0 Å². The number of nitrogens with zero attached hydrogens (tertiary/aromatic N) is 2. The Morgan fingerprint density at radius 2 is 2.35 bits per heavy atom. The standard InChI is InChI=1S/C12H12FN3O/c13-10-4-9(6-15-7-10)12(17)16-11-3-1-2-8(11)5-14/h4,6-8,11H,1-3H2,(H,16,17). The molecule has 1 heterocycles. The Bertz CT molecular complexity index is 469. The zero-order chi connectivity index (χ0) is 12.3. The fourth-order valence-electron chi connectivity index (χ4n) is 2.08. The van der Waals surface area contributed by atoms with Crippen molar-refractivity contribution in [3.8, 4) is 6.07 Å². The molecule has 0 bridgehead atoms. The van der Waals surface area contributed by atoms with E-state index < -0.39 is 5.82 Å². The highest BCUT2D eigenvalue weighted by Crippen LogP contribution is 2.25. The van der Waals surface area contributed by atoms with Crippen LogP contribution in [0.5, 0.6) is 0 Å². The highest BCUT2D eigenvalue weighted by atomic mass is 19.1. The van der Waals surface area contributed by atoms with Crippen LogP contribution in [0.2, 0.25) is 0 Å². The zero-order valence-corrected chi connectivity index (χ0v) is 9.19. The van der Waals surface area contributed by atoms with Crippen LogP contribution in [0.15, 0.2) is 18.5 Å². The van der Waals surface area contributed by atoms with Crippen LogP contribution in [-0.4, -0.2) is 16.9 Å². The highest BCUT2D eigenvalue weighted by molar-refractivity contribution is 5.94. The van der Waals surface area contributed by atoms with Gasteiger partial charge in [-0.25, -0.2) is 4.39 Å². The monoisotopic (exact) mass is 233 g/mol. The minimum Gasteiger partial charge on any atom is -0.348 e. The van der Waals surface area contributed by atoms with E-state index in [1.165, 1.54) is 6.20 Å². The molecule has 88 valence electrons. The summed E-state index contributed by atoms with van der Waals surface area (Å²) in [7, 11) is 0. The number of amides is 1. The highest BCUT2D eigenvalue weighted by Gasteiger charge is 2.28. The van der Waals surface area contributed by atoms with E-state index in [-0.39, 0.29) is 23.4 Å². The van der Waals surface area contributed by atoms with Gasteiger partial charge in [0.2, 0.25) is 0 Å². The van der Waals surface area contributed by atoms with E-state index in [0.717, 1.165) is 31.5 Å². The number of pyridine rings is 1. The normalized spacial score (nSPS) is 23.1. The predicted molar refractivity (Wildman–Crippen MR) is 58.4 cm³/mol. The van der Waals surface area contributed by atoms with Gasteiger partial charge in [0, 0.05) is 12.2 Å². The second kappa shape index (κ2) is 4.91. The molecule has 1 N–H and O–H groups in total. The zero-order valence-electron chi connectivity index (χ0n) is 9.19. The number of hydrogen-bond donors (Lipinski definition) is 1. The number of nitriles is 1. The van der Waals surface area contributed by atoms with Crippen molar-refractivity contribution in [1.29, 1.82) is 5.26 Å². The fourth-order valence-corrected chi connectivity index (χ4v) is 2.08. The van der Waals surface area contributed by atoms with E-state index in [1.807, 2.05) is 0 Å². The Hall–Kier alpha value is -1.96. The molecule has 2 unspecified atom stereocenters. The Morgan fingerprint density at radius 1 is 1.53 bits per heavy atom. The van der Waals surface area contributed by atoms with Gasteiger partial charge < -0.3 is 5.32 Å². The van der Waals surface area contributed by atoms with Crippen molar-refractivity contribution in [2.24, 2.45) is 5.92 Å². The topological polar surface area (TPSA) is 65.8 Å². The fraction of sp³-hybridized carbons (Fsp3) is 0.417. The molecule has 1 saturated carbocycles. The maximum atomic E-state index is 12.9. The van der Waals surface area contributed by atoms with Gasteiger partial charge in [0.15, 0.2) is 0 Å². The number of nitrogens with one attached hydrogen (secondary N) is 1. The lowest BCUT2D eigenvalue weighted by Gasteiger charge is -2.15. The summed E-state index contributed by atoms with van der Waals surface area (Å²) in [4.78, 5) is 15.4. The van der Waals surface area contributed by atoms with Gasteiger partial charge in [-0.2, -0.15) is 5.26 Å². The third-order valence-corrected chi connectivity index (χ3v) is 2.97. The average molecular weight is 233 g/mol. The lowest BCUT2D eigenvalue weighted by molar-refractivity contribution is 0.0932. The molecule has 1 aliphatic rings. The Kier molecular flexibility index (Phi) is 3.33. The van der Waals surface area contributed by atoms with Crippen molar-refractivity contribution in [2.75, 3.05) is 0 Å². The van der Waals surface area contributed by atoms with Crippen molar-refractivity contribution in [3.05, 3.63) is 29.8 Å². The van der Waals surface area contributed by atoms with Crippen molar-refractivity contribution in [2.45, 2.75) is 25.3 Å². The van der Waals surface area contributed by atoms with Gasteiger partial charge in [0.1, 0.15) is 5.82 Å². The summed E-state index contributed by atoms with van der Waals surface area (Å²) < 4.78 is 12.9. The van der Waals surface area contributed by atoms with Gasteiger partial charge in [0.25, 0.3) is 5.91 Å². The van der Waals surface area contributed by atoms with Crippen molar-refractivity contribution >= 4 is 5.91 Å². The predicted octanol–water partition coefficient (Wildman–Crippen LogP) is 1.64. The summed E-state index contributed by atoms with van der Waals surface area (Å²) in [6.07, 6.45) is 4.90. The number of rotatable bonds is 2. The maximum absolute atomic E-state index is 12.9. The molecular weight excluding hydrogens is 221 g/mol. The molecule has 1 aromatic rings. The van der Waals surface area contributed by atoms with Crippen LogP contribution in [0.3, 0.4) is 0 Å². The van der Waals surface area contributed by atoms with Crippen molar-refractivity contribution < 1.29 is 9.18 Å². The quantitative estimate of drug-likeness (QED) is 0.844. The van der Waals surface area contributed by atoms with Crippen LogP contribution in [0.1, 0.15) is 29.6 Å². The maximum Gasteiger partial charge on any atom is 0.253 e. The van der Waals surface area contributed by atoms with Crippen LogP contribution in [0.4, 0.5) is 4.39 Å². The number of carbonyl (C=O) groups excluding carboxylic acids is 1. The number of aromatic nitrogens is 1. The molecule has 2 atom stereocenters. The molecule has 1 aromatic heterocycles. The molecule has 0 aromatic carbocycles. The lowest BCUT2D eigenvalue weighted by Crippen LogP contribution is -2.37. The summed E-state index contributed by atoms with van der Waals surface area (Å²) in [5, 5.41) is 11.6. The average Bonchev–Trinajstić information content (AvgIpc) is 2.76. The Balaban J connectivity index is 2.05. The second-order valence-electron chi connectivity index (χ2n) is 4.14. The van der Waals surface area contributed by atoms with Gasteiger partial charge in [0.05, 0.1) is 23.7 Å². The Morgan fingerprint density at radius 3 is 3.06 bits per heavy atom. The van der Waals surface area contributed by atoms with E-state index in [9.17, 15) is 9.18 Å². The van der Waals surface area contributed by atoms with E-state index in [2.05, 4.69) is 16.4 Å². The first-order chi connectivity index (χ1) is 8.20. The molecular formula is C12H12FN3O. The molecule has 1 aliphatic carbocycles. The summed E-state index contributed by atoms with van der Waals surface area (Å²) in [6.45, 7) is 0. The van der Waals surface area contributed by atoms with Crippen molar-refractivity contribution in [1.82, 2.24) is 10.3 Å². The van der Waals surface area contributed by atoms with E-state index in [4.69, 9.17) is 5.26 Å². The van der Waals surface area contributed by atoms with Gasteiger partial charge >= 0.3 is 0 Å². The summed E-state index contributed by atoms with van der Waals surface area (Å²) >= 11 is 0. The minimum absolute atomic E-state index is 0.129. The van der Waals surface area contributed by atoms with E-state index in [0.29, 0.717) is 0 Å². The molecule has 4 nitrogen and oxygen atoms in total. The van der Waals surface area contributed by atoms with Gasteiger partial charge in [-0.15, -0.1) is 0 Å². The molecule has 5 heteroatoms. The van der Waals surface area contributed by atoms with Crippen LogP contribution < -0.4 is 5.32 Å². The van der Waals surface area contributed by atoms with Crippen LogP contribution in [0.25, 0.3) is 0 Å². The molecule has 17 heavy (non-hydrogen) atoms. The minimum atomic E-state index is -0.541. The summed E-state index contributed by atoms with van der Waals surface area (Å²) in [5.74, 6) is -1.05. The Labute approximate surface area is 98.5 Å². The van der Waals surface area contributed by atoms with Crippen LogP contribution in [-0.2, 0) is 0 Å². The van der Waals surface area contributed by atoms with Gasteiger partial charge in [-0.05, 0) is 25.3 Å². The first-order valence-electron chi connectivity index (χ1n) is 5.51. The second-order valence-corrected chi connectivity index (χ2v) is 4.14.